The van der Waals surface area contributed by atoms with Crippen LogP contribution >= 0.6 is 11.6 Å². The third kappa shape index (κ3) is 4.81. The molecule has 4 rings (SSSR count). The van der Waals surface area contributed by atoms with Gasteiger partial charge in [-0.05, 0) is 41.3 Å². The van der Waals surface area contributed by atoms with Crippen LogP contribution < -0.4 is 5.73 Å². The first-order valence-corrected chi connectivity index (χ1v) is 11.1. The lowest BCUT2D eigenvalue weighted by atomic mass is 9.84. The van der Waals surface area contributed by atoms with E-state index in [2.05, 4.69) is 5.10 Å². The molecule has 168 valence electrons. The van der Waals surface area contributed by atoms with Crippen molar-refractivity contribution >= 4 is 17.5 Å². The molecule has 0 spiro atoms. The smallest absolute Gasteiger partial charge is 0.249 e. The van der Waals surface area contributed by atoms with Gasteiger partial charge in [-0.2, -0.15) is 5.10 Å². The molecule has 33 heavy (non-hydrogen) atoms. The Morgan fingerprint density at radius 3 is 2.45 bits per heavy atom. The summed E-state index contributed by atoms with van der Waals surface area (Å²) < 4.78 is 16.4. The van der Waals surface area contributed by atoms with E-state index < -0.39 is 11.7 Å². The maximum Gasteiger partial charge on any atom is 0.249 e. The molecule has 2 N–H and O–H groups in total. The third-order valence-corrected chi connectivity index (χ3v) is 5.79. The third-order valence-electron chi connectivity index (χ3n) is 5.55. The lowest BCUT2D eigenvalue weighted by Gasteiger charge is -2.23. The topological polar surface area (TPSA) is 73.8 Å². The molecule has 1 amide bonds. The molecule has 4 aromatic rings. The van der Waals surface area contributed by atoms with Crippen LogP contribution in [-0.4, -0.2) is 20.7 Å². The van der Waals surface area contributed by atoms with Crippen molar-refractivity contribution in [2.45, 2.75) is 26.3 Å². The number of benzene rings is 3. The van der Waals surface area contributed by atoms with E-state index in [1.165, 1.54) is 18.2 Å². The second-order valence-electron chi connectivity index (χ2n) is 8.23. The van der Waals surface area contributed by atoms with Crippen LogP contribution in [0.3, 0.4) is 0 Å². The number of amides is 1. The van der Waals surface area contributed by atoms with Gasteiger partial charge in [0.05, 0.1) is 12.1 Å². The minimum atomic E-state index is -0.508. The minimum absolute atomic E-state index is 0.0567. The van der Waals surface area contributed by atoms with E-state index in [0.717, 1.165) is 11.1 Å². The predicted octanol–water partition coefficient (Wildman–Crippen LogP) is 5.67. The number of hydrogen-bond donors (Lipinski definition) is 1. The fourth-order valence-electron chi connectivity index (χ4n) is 4.03. The van der Waals surface area contributed by atoms with Crippen molar-refractivity contribution in [3.63, 3.8) is 0 Å². The summed E-state index contributed by atoms with van der Waals surface area (Å²) in [5.74, 6) is -0.338. The van der Waals surface area contributed by atoms with E-state index in [4.69, 9.17) is 22.3 Å². The molecule has 5 nitrogen and oxygen atoms in total. The van der Waals surface area contributed by atoms with Crippen molar-refractivity contribution in [1.82, 2.24) is 14.8 Å². The Morgan fingerprint density at radius 2 is 1.76 bits per heavy atom. The van der Waals surface area contributed by atoms with Crippen LogP contribution in [0.1, 0.15) is 47.1 Å². The van der Waals surface area contributed by atoms with Crippen LogP contribution in [0.4, 0.5) is 4.39 Å². The maximum atomic E-state index is 14.7. The van der Waals surface area contributed by atoms with Gasteiger partial charge in [0.2, 0.25) is 5.91 Å². The Kier molecular flexibility index (Phi) is 6.56. The Labute approximate surface area is 197 Å². The van der Waals surface area contributed by atoms with Crippen LogP contribution in [0.15, 0.2) is 72.8 Å². The van der Waals surface area contributed by atoms with Crippen molar-refractivity contribution in [2.75, 3.05) is 0 Å². The van der Waals surface area contributed by atoms with E-state index >= 15 is 0 Å². The molecule has 1 heterocycles. The summed E-state index contributed by atoms with van der Waals surface area (Å²) in [6.45, 7) is 4.53. The van der Waals surface area contributed by atoms with Gasteiger partial charge in [-0.15, -0.1) is 0 Å². The highest BCUT2D eigenvalue weighted by molar-refractivity contribution is 6.30. The van der Waals surface area contributed by atoms with Gasteiger partial charge in [0.15, 0.2) is 5.82 Å². The molecule has 1 aromatic heterocycles. The Morgan fingerprint density at radius 1 is 1.06 bits per heavy atom. The van der Waals surface area contributed by atoms with E-state index in [1.807, 2.05) is 56.3 Å². The standard InChI is InChI=1S/C26H24ClFN4O/c1-16(2)23(19-10-6-7-11-20(19)24(29)33)26-30-25(21-14-18(27)12-13-22(21)28)31-32(26)15-17-8-4-3-5-9-17/h3-14,16,23H,15H2,1-2H3,(H2,29,33)/t23-/m1/s1. The molecule has 0 aliphatic carbocycles. The van der Waals surface area contributed by atoms with Gasteiger partial charge >= 0.3 is 0 Å². The largest absolute Gasteiger partial charge is 0.366 e. The molecule has 7 heteroatoms. The zero-order chi connectivity index (χ0) is 23.5. The predicted molar refractivity (Wildman–Crippen MR) is 128 cm³/mol. The number of carbonyl (C=O) groups excluding carboxylic acids is 1. The fourth-order valence-corrected chi connectivity index (χ4v) is 4.20. The molecular weight excluding hydrogens is 439 g/mol. The molecule has 0 aliphatic heterocycles. The van der Waals surface area contributed by atoms with Gasteiger partial charge in [-0.1, -0.05) is 74.0 Å². The monoisotopic (exact) mass is 462 g/mol. The second kappa shape index (κ2) is 9.55. The first kappa shape index (κ1) is 22.7. The molecule has 0 unspecified atom stereocenters. The van der Waals surface area contributed by atoms with Crippen molar-refractivity contribution in [3.8, 4) is 11.4 Å². The Hall–Kier alpha value is -3.51. The number of halogens is 2. The summed E-state index contributed by atoms with van der Waals surface area (Å²) in [6.07, 6.45) is 0. The van der Waals surface area contributed by atoms with E-state index in [9.17, 15) is 9.18 Å². The van der Waals surface area contributed by atoms with Crippen molar-refractivity contribution in [1.29, 1.82) is 0 Å². The summed E-state index contributed by atoms with van der Waals surface area (Å²) in [5.41, 5.74) is 8.12. The number of nitrogens with two attached hydrogens (primary N) is 1. The normalized spacial score (nSPS) is 12.2. The summed E-state index contributed by atoms with van der Waals surface area (Å²) in [5, 5.41) is 5.07. The quantitative estimate of drug-likeness (QED) is 0.384. The van der Waals surface area contributed by atoms with Crippen molar-refractivity contribution in [3.05, 3.63) is 106 Å². The molecule has 0 bridgehead atoms. The van der Waals surface area contributed by atoms with Crippen LogP contribution in [0.2, 0.25) is 5.02 Å². The van der Waals surface area contributed by atoms with Crippen LogP contribution in [0.5, 0.6) is 0 Å². The highest BCUT2D eigenvalue weighted by Crippen LogP contribution is 2.35. The Bertz CT molecular complexity index is 1290. The average molecular weight is 463 g/mol. The summed E-state index contributed by atoms with van der Waals surface area (Å²) in [7, 11) is 0. The molecule has 0 saturated carbocycles. The molecule has 0 fully saturated rings. The summed E-state index contributed by atoms with van der Waals surface area (Å²) in [4.78, 5) is 17.0. The lowest BCUT2D eigenvalue weighted by Crippen LogP contribution is -2.21. The average Bonchev–Trinajstić information content (AvgIpc) is 3.19. The molecule has 1 atom stereocenters. The van der Waals surface area contributed by atoms with Crippen molar-refractivity contribution < 1.29 is 9.18 Å². The molecular formula is C26H24ClFN4O. The molecule has 0 radical (unpaired) electrons. The molecule has 0 saturated heterocycles. The highest BCUT2D eigenvalue weighted by Gasteiger charge is 2.29. The fraction of sp³-hybridized carbons (Fsp3) is 0.192. The number of primary amides is 1. The van der Waals surface area contributed by atoms with E-state index in [-0.39, 0.29) is 23.2 Å². The second-order valence-corrected chi connectivity index (χ2v) is 8.67. The van der Waals surface area contributed by atoms with Gasteiger partial charge in [0.1, 0.15) is 11.6 Å². The first-order chi connectivity index (χ1) is 15.8. The number of rotatable bonds is 7. The number of nitrogens with zero attached hydrogens (tertiary/aromatic N) is 3. The minimum Gasteiger partial charge on any atom is -0.366 e. The summed E-state index contributed by atoms with van der Waals surface area (Å²) >= 11 is 6.13. The Balaban J connectivity index is 1.92. The van der Waals surface area contributed by atoms with Gasteiger partial charge in [-0.25, -0.2) is 14.1 Å². The first-order valence-electron chi connectivity index (χ1n) is 10.7. The van der Waals surface area contributed by atoms with Crippen LogP contribution in [0, 0.1) is 11.7 Å². The van der Waals surface area contributed by atoms with Gasteiger partial charge in [0, 0.05) is 16.5 Å². The van der Waals surface area contributed by atoms with E-state index in [0.29, 0.717) is 23.0 Å². The molecule has 3 aromatic carbocycles. The highest BCUT2D eigenvalue weighted by atomic mass is 35.5. The van der Waals surface area contributed by atoms with Gasteiger partial charge < -0.3 is 5.73 Å². The van der Waals surface area contributed by atoms with E-state index in [1.54, 1.807) is 16.8 Å². The maximum absolute atomic E-state index is 14.7. The zero-order valence-electron chi connectivity index (χ0n) is 18.4. The SMILES string of the molecule is CC(C)[C@H](c1ccccc1C(N)=O)c1nc(-c2cc(Cl)ccc2F)nn1Cc1ccccc1. The number of carbonyl (C=O) groups is 1. The summed E-state index contributed by atoms with van der Waals surface area (Å²) in [6, 6.07) is 21.4. The van der Waals surface area contributed by atoms with Gasteiger partial charge in [0.25, 0.3) is 0 Å². The van der Waals surface area contributed by atoms with Gasteiger partial charge in [-0.3, -0.25) is 4.79 Å². The molecule has 0 aliphatic rings. The van der Waals surface area contributed by atoms with Crippen LogP contribution in [0.25, 0.3) is 11.4 Å². The number of hydrogen-bond acceptors (Lipinski definition) is 3. The van der Waals surface area contributed by atoms with Crippen molar-refractivity contribution in [2.24, 2.45) is 11.7 Å². The lowest BCUT2D eigenvalue weighted by molar-refractivity contribution is 0.0999. The zero-order valence-corrected chi connectivity index (χ0v) is 19.1. The number of aromatic nitrogens is 3. The van der Waals surface area contributed by atoms with Crippen LogP contribution in [-0.2, 0) is 6.54 Å².